The SMILES string of the molecule is CCCNC(CCO)CSc1cnccn1. The standard InChI is InChI=1S/C11H19N3OS/c1-2-4-13-10(3-7-15)9-16-11-8-12-5-6-14-11/h5-6,8,10,13,15H,2-4,7,9H2,1H3. The molecule has 0 saturated heterocycles. The molecule has 1 unspecified atom stereocenters. The van der Waals surface area contributed by atoms with Gasteiger partial charge in [0.05, 0.1) is 6.20 Å². The molecule has 0 radical (unpaired) electrons. The van der Waals surface area contributed by atoms with Crippen LogP contribution in [0.1, 0.15) is 19.8 Å². The van der Waals surface area contributed by atoms with Crippen molar-refractivity contribution < 1.29 is 5.11 Å². The van der Waals surface area contributed by atoms with Gasteiger partial charge in [0.15, 0.2) is 0 Å². The van der Waals surface area contributed by atoms with E-state index in [-0.39, 0.29) is 6.61 Å². The van der Waals surface area contributed by atoms with E-state index in [0.29, 0.717) is 6.04 Å². The topological polar surface area (TPSA) is 58.0 Å². The summed E-state index contributed by atoms with van der Waals surface area (Å²) in [5.74, 6) is 0.916. The third-order valence-electron chi connectivity index (χ3n) is 2.13. The molecule has 2 N–H and O–H groups in total. The Kier molecular flexibility index (Phi) is 7.12. The summed E-state index contributed by atoms with van der Waals surface area (Å²) >= 11 is 1.67. The Labute approximate surface area is 101 Å². The van der Waals surface area contributed by atoms with E-state index >= 15 is 0 Å². The molecule has 0 spiro atoms. The predicted octanol–water partition coefficient (Wildman–Crippen LogP) is 1.32. The Morgan fingerprint density at radius 2 is 2.38 bits per heavy atom. The van der Waals surface area contributed by atoms with E-state index in [0.717, 1.165) is 30.2 Å². The number of nitrogens with one attached hydrogen (secondary N) is 1. The number of aliphatic hydroxyl groups is 1. The van der Waals surface area contributed by atoms with Crippen LogP contribution in [0.15, 0.2) is 23.6 Å². The smallest absolute Gasteiger partial charge is 0.114 e. The van der Waals surface area contributed by atoms with Crippen molar-refractivity contribution in [3.63, 3.8) is 0 Å². The molecule has 1 heterocycles. The quantitative estimate of drug-likeness (QED) is 0.672. The van der Waals surface area contributed by atoms with Crippen molar-refractivity contribution in [2.24, 2.45) is 0 Å². The van der Waals surface area contributed by atoms with Crippen LogP contribution in [0.25, 0.3) is 0 Å². The van der Waals surface area contributed by atoms with Gasteiger partial charge in [0.2, 0.25) is 0 Å². The van der Waals surface area contributed by atoms with Crippen LogP contribution in [-0.2, 0) is 0 Å². The van der Waals surface area contributed by atoms with Gasteiger partial charge in [-0.05, 0) is 19.4 Å². The van der Waals surface area contributed by atoms with Gasteiger partial charge in [-0.25, -0.2) is 4.98 Å². The Hall–Kier alpha value is -0.650. The lowest BCUT2D eigenvalue weighted by molar-refractivity contribution is 0.270. The summed E-state index contributed by atoms with van der Waals surface area (Å²) in [5, 5.41) is 13.3. The van der Waals surface area contributed by atoms with Crippen molar-refractivity contribution in [3.8, 4) is 0 Å². The molecule has 0 aromatic carbocycles. The van der Waals surface area contributed by atoms with Crippen molar-refractivity contribution in [3.05, 3.63) is 18.6 Å². The Bertz CT molecular complexity index is 271. The second-order valence-electron chi connectivity index (χ2n) is 3.52. The monoisotopic (exact) mass is 241 g/mol. The van der Waals surface area contributed by atoms with Crippen LogP contribution in [-0.4, -0.2) is 40.0 Å². The highest BCUT2D eigenvalue weighted by Crippen LogP contribution is 2.15. The third kappa shape index (κ3) is 5.44. The molecule has 0 saturated carbocycles. The summed E-state index contributed by atoms with van der Waals surface area (Å²) in [6.07, 6.45) is 7.03. The molecule has 0 fully saturated rings. The molecule has 0 aliphatic carbocycles. The molecule has 1 atom stereocenters. The number of hydrogen-bond donors (Lipinski definition) is 2. The number of aromatic nitrogens is 2. The first-order valence-electron chi connectivity index (χ1n) is 5.60. The van der Waals surface area contributed by atoms with E-state index in [9.17, 15) is 0 Å². The van der Waals surface area contributed by atoms with E-state index in [1.54, 1.807) is 30.4 Å². The molecule has 0 bridgehead atoms. The largest absolute Gasteiger partial charge is 0.396 e. The molecule has 0 amide bonds. The second kappa shape index (κ2) is 8.50. The molecule has 4 nitrogen and oxygen atoms in total. The fraction of sp³-hybridized carbons (Fsp3) is 0.636. The first-order chi connectivity index (χ1) is 7.86. The lowest BCUT2D eigenvalue weighted by atomic mass is 10.2. The normalized spacial score (nSPS) is 12.6. The Morgan fingerprint density at radius 3 is 3.00 bits per heavy atom. The third-order valence-corrected chi connectivity index (χ3v) is 3.21. The summed E-state index contributed by atoms with van der Waals surface area (Å²) < 4.78 is 0. The van der Waals surface area contributed by atoms with Gasteiger partial charge in [0.25, 0.3) is 0 Å². The average molecular weight is 241 g/mol. The molecule has 16 heavy (non-hydrogen) atoms. The van der Waals surface area contributed by atoms with Gasteiger partial charge in [0, 0.05) is 30.8 Å². The summed E-state index contributed by atoms with van der Waals surface area (Å²) in [6, 6.07) is 0.344. The second-order valence-corrected chi connectivity index (χ2v) is 4.56. The van der Waals surface area contributed by atoms with Gasteiger partial charge in [-0.15, -0.1) is 11.8 Å². The van der Waals surface area contributed by atoms with Crippen LogP contribution in [0, 0.1) is 0 Å². The number of hydrogen-bond acceptors (Lipinski definition) is 5. The minimum atomic E-state index is 0.225. The Balaban J connectivity index is 2.31. The number of nitrogens with zero attached hydrogens (tertiary/aromatic N) is 2. The fourth-order valence-electron chi connectivity index (χ4n) is 1.29. The number of thioether (sulfide) groups is 1. The molecule has 0 aliphatic heterocycles. The van der Waals surface area contributed by atoms with E-state index in [1.807, 2.05) is 0 Å². The van der Waals surface area contributed by atoms with Gasteiger partial charge in [-0.1, -0.05) is 6.92 Å². The maximum absolute atomic E-state index is 8.96. The average Bonchev–Trinajstić information content (AvgIpc) is 2.34. The first-order valence-corrected chi connectivity index (χ1v) is 6.58. The van der Waals surface area contributed by atoms with E-state index in [1.165, 1.54) is 0 Å². The number of rotatable bonds is 8. The van der Waals surface area contributed by atoms with Crippen LogP contribution in [0.2, 0.25) is 0 Å². The zero-order chi connectivity index (χ0) is 11.6. The molecule has 0 aliphatic rings. The highest BCUT2D eigenvalue weighted by molar-refractivity contribution is 7.99. The van der Waals surface area contributed by atoms with Crippen LogP contribution in [0.3, 0.4) is 0 Å². The molecule has 1 aromatic rings. The van der Waals surface area contributed by atoms with Gasteiger partial charge in [0.1, 0.15) is 5.03 Å². The molecular weight excluding hydrogens is 222 g/mol. The van der Waals surface area contributed by atoms with E-state index in [2.05, 4.69) is 22.2 Å². The van der Waals surface area contributed by atoms with Gasteiger partial charge < -0.3 is 10.4 Å². The summed E-state index contributed by atoms with van der Waals surface area (Å²) in [5.41, 5.74) is 0. The zero-order valence-corrected chi connectivity index (χ0v) is 10.4. The predicted molar refractivity (Wildman–Crippen MR) is 66.5 cm³/mol. The van der Waals surface area contributed by atoms with Crippen molar-refractivity contribution >= 4 is 11.8 Å². The molecule has 1 aromatic heterocycles. The van der Waals surface area contributed by atoms with Crippen LogP contribution >= 0.6 is 11.8 Å². The highest BCUT2D eigenvalue weighted by Gasteiger charge is 2.07. The lowest BCUT2D eigenvalue weighted by Gasteiger charge is -2.16. The van der Waals surface area contributed by atoms with Gasteiger partial charge in [-0.2, -0.15) is 0 Å². The van der Waals surface area contributed by atoms with Crippen LogP contribution < -0.4 is 5.32 Å². The Morgan fingerprint density at radius 1 is 1.50 bits per heavy atom. The lowest BCUT2D eigenvalue weighted by Crippen LogP contribution is -2.32. The minimum absolute atomic E-state index is 0.225. The van der Waals surface area contributed by atoms with Crippen molar-refractivity contribution in [2.45, 2.75) is 30.8 Å². The van der Waals surface area contributed by atoms with Crippen molar-refractivity contribution in [1.82, 2.24) is 15.3 Å². The number of aliphatic hydroxyl groups excluding tert-OH is 1. The fourth-order valence-corrected chi connectivity index (χ4v) is 2.22. The summed E-state index contributed by atoms with van der Waals surface area (Å²) in [6.45, 7) is 3.35. The molecule has 5 heteroatoms. The van der Waals surface area contributed by atoms with Crippen molar-refractivity contribution in [2.75, 3.05) is 18.9 Å². The van der Waals surface area contributed by atoms with E-state index in [4.69, 9.17) is 5.11 Å². The highest BCUT2D eigenvalue weighted by atomic mass is 32.2. The van der Waals surface area contributed by atoms with Crippen LogP contribution in [0.4, 0.5) is 0 Å². The maximum atomic E-state index is 8.96. The van der Waals surface area contributed by atoms with E-state index < -0.39 is 0 Å². The summed E-state index contributed by atoms with van der Waals surface area (Å²) in [7, 11) is 0. The minimum Gasteiger partial charge on any atom is -0.396 e. The molecule has 1 rings (SSSR count). The molecular formula is C11H19N3OS. The first kappa shape index (κ1) is 13.4. The van der Waals surface area contributed by atoms with Gasteiger partial charge >= 0.3 is 0 Å². The maximum Gasteiger partial charge on any atom is 0.114 e. The zero-order valence-electron chi connectivity index (χ0n) is 9.59. The van der Waals surface area contributed by atoms with Gasteiger partial charge in [-0.3, -0.25) is 4.98 Å². The molecule has 90 valence electrons. The van der Waals surface area contributed by atoms with Crippen LogP contribution in [0.5, 0.6) is 0 Å². The van der Waals surface area contributed by atoms with Crippen molar-refractivity contribution in [1.29, 1.82) is 0 Å². The summed E-state index contributed by atoms with van der Waals surface area (Å²) in [4.78, 5) is 8.22.